The Kier molecular flexibility index (Phi) is 3.90. The highest BCUT2D eigenvalue weighted by Gasteiger charge is 2.13. The van der Waals surface area contributed by atoms with Crippen LogP contribution in [0.4, 0.5) is 4.39 Å². The fourth-order valence-corrected chi connectivity index (χ4v) is 1.74. The summed E-state index contributed by atoms with van der Waals surface area (Å²) in [5, 5.41) is 0. The van der Waals surface area contributed by atoms with Gasteiger partial charge in [0, 0.05) is 12.2 Å². The van der Waals surface area contributed by atoms with E-state index in [1.54, 1.807) is 36.5 Å². The smallest absolute Gasteiger partial charge is 0.266 e. The van der Waals surface area contributed by atoms with Crippen molar-refractivity contribution in [3.05, 3.63) is 65.5 Å². The maximum absolute atomic E-state index is 13.7. The molecule has 0 amide bonds. The van der Waals surface area contributed by atoms with E-state index in [2.05, 4.69) is 4.99 Å². The Bertz CT molecular complexity index is 659. The van der Waals surface area contributed by atoms with Crippen molar-refractivity contribution in [1.29, 1.82) is 0 Å². The highest BCUT2D eigenvalue weighted by atomic mass is 19.1. The van der Waals surface area contributed by atoms with Gasteiger partial charge in [-0.3, -0.25) is 14.4 Å². The Balaban J connectivity index is 2.55. The summed E-state index contributed by atoms with van der Waals surface area (Å²) < 4.78 is 15.0. The molecule has 0 spiro atoms. The Morgan fingerprint density at radius 1 is 1.16 bits per heavy atom. The molecular formula is C15H15FN2O. The molecule has 1 aromatic carbocycles. The normalized spacial score (nSPS) is 11.9. The molecule has 0 N–H and O–H groups in total. The van der Waals surface area contributed by atoms with Gasteiger partial charge in [-0.05, 0) is 38.1 Å². The van der Waals surface area contributed by atoms with Gasteiger partial charge in [-0.25, -0.2) is 4.39 Å². The molecule has 0 saturated carbocycles. The van der Waals surface area contributed by atoms with E-state index in [1.807, 2.05) is 13.8 Å². The van der Waals surface area contributed by atoms with Crippen molar-refractivity contribution in [2.24, 2.45) is 4.99 Å². The van der Waals surface area contributed by atoms with Gasteiger partial charge in [-0.15, -0.1) is 0 Å². The number of hydrogen-bond acceptors (Lipinski definition) is 2. The van der Waals surface area contributed by atoms with Crippen LogP contribution in [0.5, 0.6) is 0 Å². The number of nitrogens with zero attached hydrogens (tertiary/aromatic N) is 2. The second-order valence-electron chi connectivity index (χ2n) is 4.44. The quantitative estimate of drug-likeness (QED) is 0.815. The molecule has 2 aromatic rings. The summed E-state index contributed by atoms with van der Waals surface area (Å²) in [6, 6.07) is 11.2. The number of halogens is 1. The summed E-state index contributed by atoms with van der Waals surface area (Å²) in [6.45, 7) is 3.84. The Labute approximate surface area is 111 Å². The zero-order valence-corrected chi connectivity index (χ0v) is 10.9. The number of carbonyl (C=O) groups excluding carboxylic acids is 1. The van der Waals surface area contributed by atoms with Crippen LogP contribution in [0.2, 0.25) is 0 Å². The van der Waals surface area contributed by atoms with Crippen LogP contribution in [0.3, 0.4) is 0 Å². The molecule has 0 saturated heterocycles. The van der Waals surface area contributed by atoms with Gasteiger partial charge in [0.15, 0.2) is 0 Å². The van der Waals surface area contributed by atoms with Crippen molar-refractivity contribution in [3.63, 3.8) is 0 Å². The molecule has 0 atom stereocenters. The van der Waals surface area contributed by atoms with Gasteiger partial charge in [0.2, 0.25) is 0 Å². The highest BCUT2D eigenvalue weighted by Crippen LogP contribution is 2.07. The summed E-state index contributed by atoms with van der Waals surface area (Å²) in [6.07, 6.45) is 1.59. The van der Waals surface area contributed by atoms with Crippen molar-refractivity contribution in [1.82, 2.24) is 4.57 Å². The van der Waals surface area contributed by atoms with Crippen molar-refractivity contribution in [2.75, 3.05) is 0 Å². The first-order valence-corrected chi connectivity index (χ1v) is 6.10. The molecule has 0 radical (unpaired) electrons. The van der Waals surface area contributed by atoms with E-state index in [0.29, 0.717) is 5.49 Å². The SMILES string of the molecule is CC(C)N=c1ccccn1C(=O)c1ccccc1F. The third kappa shape index (κ3) is 2.96. The summed E-state index contributed by atoms with van der Waals surface area (Å²) in [5.74, 6) is -0.947. The second kappa shape index (κ2) is 5.61. The summed E-state index contributed by atoms with van der Waals surface area (Å²) >= 11 is 0. The van der Waals surface area contributed by atoms with Gasteiger partial charge in [0.25, 0.3) is 5.91 Å². The Hall–Kier alpha value is -2.23. The molecule has 1 heterocycles. The molecule has 19 heavy (non-hydrogen) atoms. The lowest BCUT2D eigenvalue weighted by molar-refractivity contribution is 0.0950. The maximum atomic E-state index is 13.7. The van der Waals surface area contributed by atoms with E-state index in [1.165, 1.54) is 16.7 Å². The number of benzene rings is 1. The summed E-state index contributed by atoms with van der Waals surface area (Å²) in [7, 11) is 0. The van der Waals surface area contributed by atoms with Gasteiger partial charge in [0.1, 0.15) is 11.3 Å². The van der Waals surface area contributed by atoms with Gasteiger partial charge in [-0.1, -0.05) is 18.2 Å². The van der Waals surface area contributed by atoms with Crippen molar-refractivity contribution >= 4 is 5.91 Å². The van der Waals surface area contributed by atoms with E-state index in [4.69, 9.17) is 0 Å². The average molecular weight is 258 g/mol. The minimum absolute atomic E-state index is 0.0407. The molecular weight excluding hydrogens is 243 g/mol. The van der Waals surface area contributed by atoms with Gasteiger partial charge >= 0.3 is 0 Å². The van der Waals surface area contributed by atoms with Crippen LogP contribution >= 0.6 is 0 Å². The van der Waals surface area contributed by atoms with E-state index >= 15 is 0 Å². The lowest BCUT2D eigenvalue weighted by Gasteiger charge is -2.07. The molecule has 0 aliphatic rings. The first-order chi connectivity index (χ1) is 9.09. The third-order valence-electron chi connectivity index (χ3n) is 2.55. The fraction of sp³-hybridized carbons (Fsp3) is 0.200. The minimum Gasteiger partial charge on any atom is -0.268 e. The van der Waals surface area contributed by atoms with Crippen LogP contribution < -0.4 is 5.49 Å². The highest BCUT2D eigenvalue weighted by molar-refractivity contribution is 5.96. The topological polar surface area (TPSA) is 34.4 Å². The first-order valence-electron chi connectivity index (χ1n) is 6.10. The average Bonchev–Trinajstić information content (AvgIpc) is 2.38. The lowest BCUT2D eigenvalue weighted by Crippen LogP contribution is -2.28. The van der Waals surface area contributed by atoms with E-state index in [0.717, 1.165) is 0 Å². The molecule has 1 aromatic heterocycles. The number of carbonyl (C=O) groups is 1. The summed E-state index contributed by atoms with van der Waals surface area (Å²) in [5.41, 5.74) is 0.560. The van der Waals surface area contributed by atoms with Crippen molar-refractivity contribution in [3.8, 4) is 0 Å². The van der Waals surface area contributed by atoms with Crippen LogP contribution in [0, 0.1) is 5.82 Å². The molecule has 4 heteroatoms. The molecule has 0 fully saturated rings. The monoisotopic (exact) mass is 258 g/mol. The molecule has 2 rings (SSSR count). The lowest BCUT2D eigenvalue weighted by atomic mass is 10.2. The van der Waals surface area contributed by atoms with Crippen molar-refractivity contribution < 1.29 is 9.18 Å². The van der Waals surface area contributed by atoms with Crippen LogP contribution in [0.25, 0.3) is 0 Å². The Morgan fingerprint density at radius 3 is 2.53 bits per heavy atom. The second-order valence-corrected chi connectivity index (χ2v) is 4.44. The van der Waals surface area contributed by atoms with Crippen LogP contribution in [0.15, 0.2) is 53.7 Å². The predicted octanol–water partition coefficient (Wildman–Crippen LogP) is 2.62. The Morgan fingerprint density at radius 2 is 1.84 bits per heavy atom. The van der Waals surface area contributed by atoms with Gasteiger partial charge in [0.05, 0.1) is 5.56 Å². The molecule has 0 unspecified atom stereocenters. The largest absolute Gasteiger partial charge is 0.268 e. The molecule has 0 aliphatic heterocycles. The van der Waals surface area contributed by atoms with Crippen LogP contribution in [0.1, 0.15) is 24.2 Å². The van der Waals surface area contributed by atoms with Crippen LogP contribution in [-0.2, 0) is 0 Å². The van der Waals surface area contributed by atoms with Crippen molar-refractivity contribution in [2.45, 2.75) is 19.9 Å². The number of rotatable bonds is 2. The summed E-state index contributed by atoms with van der Waals surface area (Å²) in [4.78, 5) is 16.7. The molecule has 0 aliphatic carbocycles. The number of aromatic nitrogens is 1. The molecule has 98 valence electrons. The minimum atomic E-state index is -0.528. The third-order valence-corrected chi connectivity index (χ3v) is 2.55. The fourth-order valence-electron chi connectivity index (χ4n) is 1.74. The number of pyridine rings is 1. The van der Waals surface area contributed by atoms with E-state index < -0.39 is 11.7 Å². The van der Waals surface area contributed by atoms with E-state index in [-0.39, 0.29) is 11.6 Å². The molecule has 3 nitrogen and oxygen atoms in total. The zero-order valence-electron chi connectivity index (χ0n) is 10.9. The predicted molar refractivity (Wildman–Crippen MR) is 71.3 cm³/mol. The van der Waals surface area contributed by atoms with Crippen LogP contribution in [-0.4, -0.2) is 16.5 Å². The number of hydrogen-bond donors (Lipinski definition) is 0. The van der Waals surface area contributed by atoms with Gasteiger partial charge in [-0.2, -0.15) is 0 Å². The standard InChI is InChI=1S/C15H15FN2O/c1-11(2)17-14-9-5-6-10-18(14)15(19)12-7-3-4-8-13(12)16/h3-11H,1-2H3. The maximum Gasteiger partial charge on any atom is 0.266 e. The van der Waals surface area contributed by atoms with Gasteiger partial charge < -0.3 is 0 Å². The molecule has 0 bridgehead atoms. The zero-order chi connectivity index (χ0) is 13.8. The van der Waals surface area contributed by atoms with E-state index in [9.17, 15) is 9.18 Å². The first kappa shape index (κ1) is 13.2.